The molecule has 2 nitrogen and oxygen atoms in total. The summed E-state index contributed by atoms with van der Waals surface area (Å²) in [4.78, 5) is 4.73. The number of hydrogen-bond acceptors (Lipinski definition) is 2. The third-order valence-corrected chi connectivity index (χ3v) is 3.00. The Hall–Kier alpha value is -1.44. The van der Waals surface area contributed by atoms with Crippen LogP contribution in [0.2, 0.25) is 0 Å². The van der Waals surface area contributed by atoms with E-state index < -0.39 is 5.60 Å². The van der Waals surface area contributed by atoms with E-state index in [0.29, 0.717) is 0 Å². The summed E-state index contributed by atoms with van der Waals surface area (Å²) in [5.41, 5.74) is 2.34. The third kappa shape index (κ3) is 2.63. The second kappa shape index (κ2) is 5.28. The van der Waals surface area contributed by atoms with Crippen LogP contribution < -0.4 is 4.74 Å². The van der Waals surface area contributed by atoms with E-state index >= 15 is 0 Å². The first-order chi connectivity index (χ1) is 8.67. The van der Waals surface area contributed by atoms with Crippen LogP contribution in [0.3, 0.4) is 0 Å². The molecule has 19 heavy (non-hydrogen) atoms. The molecule has 0 aromatic heterocycles. The van der Waals surface area contributed by atoms with Gasteiger partial charge in [-0.25, -0.2) is 0 Å². The van der Waals surface area contributed by atoms with Gasteiger partial charge in [-0.2, -0.15) is 0 Å². The minimum atomic E-state index is -0.438. The van der Waals surface area contributed by atoms with E-state index in [4.69, 9.17) is 9.73 Å². The summed E-state index contributed by atoms with van der Waals surface area (Å²) in [6.45, 7) is 4.06. The van der Waals surface area contributed by atoms with Crippen molar-refractivity contribution in [2.45, 2.75) is 19.4 Å². The van der Waals surface area contributed by atoms with Crippen molar-refractivity contribution in [2.24, 2.45) is 4.99 Å². The van der Waals surface area contributed by atoms with Crippen LogP contribution in [0.5, 0.6) is 5.75 Å². The Labute approximate surface area is 126 Å². The van der Waals surface area contributed by atoms with Gasteiger partial charge in [0, 0.05) is 25.8 Å². The molecule has 1 aliphatic heterocycles. The van der Waals surface area contributed by atoms with Crippen LogP contribution in [-0.2, 0) is 20.1 Å². The summed E-state index contributed by atoms with van der Waals surface area (Å²) in [6, 6.07) is 18.9. The van der Waals surface area contributed by atoms with E-state index in [1.807, 2.05) is 62.4 Å². The van der Waals surface area contributed by atoms with Gasteiger partial charge >= 0.3 is 0 Å². The molecule has 0 unspecified atom stereocenters. The molecule has 0 saturated heterocycles. The number of ether oxygens (including phenoxy) is 1. The zero-order chi connectivity index (χ0) is 12.6. The van der Waals surface area contributed by atoms with Gasteiger partial charge in [0.25, 0.3) is 0 Å². The molecule has 0 atom stereocenters. The maximum absolute atomic E-state index is 6.04. The van der Waals surface area contributed by atoms with Gasteiger partial charge in [-0.3, -0.25) is 4.99 Å². The first-order valence-electron chi connectivity index (χ1n) is 6.01. The SMILES string of the molecule is CC1(C)Oc2ccccc2N=C1c1[c-]cccc1.[Ir]. The van der Waals surface area contributed by atoms with Crippen LogP contribution in [0.15, 0.2) is 53.5 Å². The summed E-state index contributed by atoms with van der Waals surface area (Å²) in [5.74, 6) is 0.835. The molecule has 0 fully saturated rings. The van der Waals surface area contributed by atoms with E-state index in [2.05, 4.69) is 6.07 Å². The molecule has 1 radical (unpaired) electrons. The number of nitrogens with zero attached hydrogens (tertiary/aromatic N) is 1. The predicted molar refractivity (Wildman–Crippen MR) is 72.6 cm³/mol. The Morgan fingerprint density at radius 1 is 1.05 bits per heavy atom. The van der Waals surface area contributed by atoms with Gasteiger partial charge in [-0.15, -0.1) is 35.9 Å². The van der Waals surface area contributed by atoms with Crippen molar-refractivity contribution in [2.75, 3.05) is 0 Å². The molecule has 1 aliphatic rings. The molecular formula is C16H14IrNO-. The van der Waals surface area contributed by atoms with Crippen molar-refractivity contribution < 1.29 is 24.8 Å². The summed E-state index contributed by atoms with van der Waals surface area (Å²) in [5, 5.41) is 0. The van der Waals surface area contributed by atoms with Gasteiger partial charge in [-0.05, 0) is 26.0 Å². The van der Waals surface area contributed by atoms with Crippen LogP contribution in [-0.4, -0.2) is 11.3 Å². The molecule has 0 bridgehead atoms. The predicted octanol–water partition coefficient (Wildman–Crippen LogP) is 3.78. The van der Waals surface area contributed by atoms with Gasteiger partial charge in [0.15, 0.2) is 0 Å². The summed E-state index contributed by atoms with van der Waals surface area (Å²) in [6.07, 6.45) is 0. The normalized spacial score (nSPS) is 15.6. The van der Waals surface area contributed by atoms with Gasteiger partial charge in [0.05, 0.1) is 5.69 Å². The standard InChI is InChI=1S/C16H14NO.Ir/c1-16(2)15(12-8-4-3-5-9-12)17-13-10-6-7-11-14(13)18-16;/h3-8,10-11H,1-2H3;/q-1;. The van der Waals surface area contributed by atoms with E-state index in [-0.39, 0.29) is 20.1 Å². The van der Waals surface area contributed by atoms with E-state index in [1.165, 1.54) is 0 Å². The summed E-state index contributed by atoms with van der Waals surface area (Å²) < 4.78 is 6.04. The minimum absolute atomic E-state index is 0. The van der Waals surface area contributed by atoms with Crippen molar-refractivity contribution in [3.05, 3.63) is 60.2 Å². The molecule has 0 aliphatic carbocycles. The Bertz CT molecular complexity index is 605. The van der Waals surface area contributed by atoms with Crippen molar-refractivity contribution in [3.63, 3.8) is 0 Å². The number of para-hydroxylation sites is 2. The molecule has 3 heteroatoms. The van der Waals surface area contributed by atoms with Crippen molar-refractivity contribution in [1.29, 1.82) is 0 Å². The Kier molecular flexibility index (Phi) is 3.88. The number of hydrogen-bond donors (Lipinski definition) is 0. The van der Waals surface area contributed by atoms with Gasteiger partial charge in [0.2, 0.25) is 0 Å². The largest absolute Gasteiger partial charge is 0.489 e. The first-order valence-corrected chi connectivity index (χ1v) is 6.01. The van der Waals surface area contributed by atoms with Crippen molar-refractivity contribution in [1.82, 2.24) is 0 Å². The van der Waals surface area contributed by atoms with Gasteiger partial charge in [0.1, 0.15) is 11.4 Å². The molecule has 0 N–H and O–H groups in total. The fourth-order valence-corrected chi connectivity index (χ4v) is 2.14. The van der Waals surface area contributed by atoms with Crippen LogP contribution in [0.25, 0.3) is 0 Å². The van der Waals surface area contributed by atoms with Crippen molar-refractivity contribution in [3.8, 4) is 5.75 Å². The third-order valence-electron chi connectivity index (χ3n) is 3.00. The summed E-state index contributed by atoms with van der Waals surface area (Å²) in [7, 11) is 0. The first kappa shape index (κ1) is 14.0. The van der Waals surface area contributed by atoms with E-state index in [0.717, 1.165) is 22.7 Å². The Morgan fingerprint density at radius 3 is 2.53 bits per heavy atom. The molecule has 0 spiro atoms. The monoisotopic (exact) mass is 429 g/mol. The molecule has 2 aromatic rings. The molecule has 3 rings (SSSR count). The maximum atomic E-state index is 6.04. The fraction of sp³-hybridized carbons (Fsp3) is 0.188. The average Bonchev–Trinajstić information content (AvgIpc) is 2.38. The second-order valence-corrected chi connectivity index (χ2v) is 4.82. The number of rotatable bonds is 1. The average molecular weight is 429 g/mol. The molecule has 1 heterocycles. The fourth-order valence-electron chi connectivity index (χ4n) is 2.14. The Balaban J connectivity index is 0.00000133. The smallest absolute Gasteiger partial charge is 0.144 e. The maximum Gasteiger partial charge on any atom is 0.144 e. The molecule has 99 valence electrons. The quantitative estimate of drug-likeness (QED) is 0.634. The molecule has 0 saturated carbocycles. The number of aliphatic imine (C=N–C) groups is 1. The van der Waals surface area contributed by atoms with E-state index in [1.54, 1.807) is 0 Å². The summed E-state index contributed by atoms with van der Waals surface area (Å²) >= 11 is 0. The van der Waals surface area contributed by atoms with Gasteiger partial charge in [-0.1, -0.05) is 12.1 Å². The number of fused-ring (bicyclic) bond motifs is 1. The topological polar surface area (TPSA) is 21.6 Å². The van der Waals surface area contributed by atoms with Crippen LogP contribution in [0.4, 0.5) is 5.69 Å². The molecule has 2 aromatic carbocycles. The minimum Gasteiger partial charge on any atom is -0.489 e. The van der Waals surface area contributed by atoms with Crippen LogP contribution in [0.1, 0.15) is 19.4 Å². The van der Waals surface area contributed by atoms with Crippen molar-refractivity contribution >= 4 is 11.4 Å². The zero-order valence-corrected chi connectivity index (χ0v) is 13.2. The van der Waals surface area contributed by atoms with Crippen LogP contribution >= 0.6 is 0 Å². The molecule has 0 amide bonds. The van der Waals surface area contributed by atoms with Gasteiger partial charge < -0.3 is 4.74 Å². The van der Waals surface area contributed by atoms with E-state index in [9.17, 15) is 0 Å². The zero-order valence-electron chi connectivity index (χ0n) is 10.8. The number of benzene rings is 2. The second-order valence-electron chi connectivity index (χ2n) is 4.82. The molecular weight excluding hydrogens is 414 g/mol. The van der Waals surface area contributed by atoms with Crippen LogP contribution in [0, 0.1) is 6.07 Å². The Morgan fingerprint density at radius 2 is 1.79 bits per heavy atom.